The van der Waals surface area contributed by atoms with Gasteiger partial charge in [0.15, 0.2) is 5.71 Å². The Morgan fingerprint density at radius 2 is 1.34 bits per heavy atom. The summed E-state index contributed by atoms with van der Waals surface area (Å²) in [7, 11) is 13.6. The van der Waals surface area contributed by atoms with Gasteiger partial charge in [-0.15, -0.1) is 0 Å². The van der Waals surface area contributed by atoms with Crippen LogP contribution in [0.2, 0.25) is 0 Å². The average molecular weight is 938 g/mol. The molecule has 0 bridgehead atoms. The monoisotopic (exact) mass is 937 g/mol. The van der Waals surface area contributed by atoms with Gasteiger partial charge in [0.25, 0.3) is 0 Å². The molecule has 0 fully saturated rings. The SMILES string of the molecule is CC1(C)C2=CC(c3ccccc3)=CN(CCC[N+](C)(C)C)C2=N/C1=C\C=C\C1=Nc2c(cc(-c3ccccc3)c[n+]2CCC[N+](C)(C)C)C1(C)C.[I-].[I-]. The minimum Gasteiger partial charge on any atom is -1.00 e. The van der Waals surface area contributed by atoms with Gasteiger partial charge in [0.1, 0.15) is 5.84 Å². The summed E-state index contributed by atoms with van der Waals surface area (Å²) in [4.78, 5) is 13.0. The van der Waals surface area contributed by atoms with Crippen molar-refractivity contribution in [3.05, 3.63) is 126 Å². The zero-order valence-corrected chi connectivity index (χ0v) is 37.8. The van der Waals surface area contributed by atoms with Crippen molar-refractivity contribution in [1.29, 1.82) is 0 Å². The second-order valence-electron chi connectivity index (χ2n) is 17.6. The van der Waals surface area contributed by atoms with E-state index in [1.165, 1.54) is 33.4 Å². The van der Waals surface area contributed by atoms with Crippen LogP contribution in [-0.4, -0.2) is 87.3 Å². The van der Waals surface area contributed by atoms with Crippen LogP contribution in [0.25, 0.3) is 16.7 Å². The molecule has 0 amide bonds. The number of hydrogen-bond acceptors (Lipinski definition) is 3. The molecule has 0 N–H and O–H groups in total. The lowest BCUT2D eigenvalue weighted by Crippen LogP contribution is -3.00. The maximum absolute atomic E-state index is 5.33. The zero-order valence-electron chi connectivity index (χ0n) is 33.5. The highest BCUT2D eigenvalue weighted by molar-refractivity contribution is 6.09. The largest absolute Gasteiger partial charge is 1.00 e. The molecule has 0 saturated carbocycles. The van der Waals surface area contributed by atoms with Crippen LogP contribution in [0.4, 0.5) is 5.82 Å². The Labute approximate surface area is 353 Å². The summed E-state index contributed by atoms with van der Waals surface area (Å²) in [6, 6.07) is 23.8. The standard InChI is InChI=1S/C45H59N6.2HI/c1-44(2)38-30-36(34-20-13-11-14-21-34)32-48(26-18-28-50(5,6)7)42(38)46-40(44)24-17-25-41-45(3,4)39-31-37(35-22-15-12-16-23-35)33-49(43(39)47-41)27-19-29-51(8,9)10;;/h11-17,20-25,30-33H,18-19,26-29H2,1-10H3;2*1H/q+3;;/p-2. The first-order valence-electron chi connectivity index (χ1n) is 18.6. The number of aromatic nitrogens is 1. The number of hydrogen-bond donors (Lipinski definition) is 0. The van der Waals surface area contributed by atoms with Crippen molar-refractivity contribution in [2.24, 2.45) is 15.4 Å². The molecule has 3 aliphatic rings. The summed E-state index contributed by atoms with van der Waals surface area (Å²) < 4.78 is 4.29. The predicted octanol–water partition coefficient (Wildman–Crippen LogP) is 2.37. The fraction of sp³-hybridized carbons (Fsp3) is 0.400. The van der Waals surface area contributed by atoms with Crippen molar-refractivity contribution in [3.8, 4) is 11.1 Å². The summed E-state index contributed by atoms with van der Waals surface area (Å²) >= 11 is 0. The van der Waals surface area contributed by atoms with Crippen LogP contribution >= 0.6 is 0 Å². The van der Waals surface area contributed by atoms with Crippen LogP contribution in [0.1, 0.15) is 51.7 Å². The van der Waals surface area contributed by atoms with E-state index in [0.717, 1.165) is 71.0 Å². The Bertz CT molecular complexity index is 1950. The Morgan fingerprint density at radius 1 is 0.736 bits per heavy atom. The molecule has 0 spiro atoms. The first-order valence-corrected chi connectivity index (χ1v) is 18.6. The minimum atomic E-state index is -0.235. The predicted molar refractivity (Wildman–Crippen MR) is 215 cm³/mol. The third-order valence-corrected chi connectivity index (χ3v) is 10.5. The van der Waals surface area contributed by atoms with E-state index in [0.29, 0.717) is 0 Å². The van der Waals surface area contributed by atoms with E-state index in [1.54, 1.807) is 0 Å². The van der Waals surface area contributed by atoms with Crippen LogP contribution in [0.15, 0.2) is 125 Å². The van der Waals surface area contributed by atoms with Crippen molar-refractivity contribution in [3.63, 3.8) is 0 Å². The number of aliphatic imine (C=N–C) groups is 2. The average Bonchev–Trinajstić information content (AvgIpc) is 3.48. The smallest absolute Gasteiger partial charge is 0.327 e. The van der Waals surface area contributed by atoms with Crippen molar-refractivity contribution in [1.82, 2.24) is 4.90 Å². The molecule has 282 valence electrons. The van der Waals surface area contributed by atoms with Gasteiger partial charge in [-0.2, -0.15) is 0 Å². The van der Waals surface area contributed by atoms with E-state index in [9.17, 15) is 0 Å². The minimum absolute atomic E-state index is 0. The number of rotatable bonds is 12. The van der Waals surface area contributed by atoms with Gasteiger partial charge in [0, 0.05) is 42.1 Å². The molecular weight excluding hydrogens is 878 g/mol. The molecule has 8 heteroatoms. The second-order valence-corrected chi connectivity index (χ2v) is 17.6. The third-order valence-electron chi connectivity index (χ3n) is 10.5. The highest BCUT2D eigenvalue weighted by atomic mass is 127. The fourth-order valence-electron chi connectivity index (χ4n) is 7.30. The van der Waals surface area contributed by atoms with Gasteiger partial charge < -0.3 is 61.8 Å². The molecular formula is C45H59I2N6+. The van der Waals surface area contributed by atoms with Gasteiger partial charge in [-0.3, -0.25) is 0 Å². The summed E-state index contributed by atoms with van der Waals surface area (Å²) in [6.45, 7) is 13.3. The van der Waals surface area contributed by atoms with E-state index in [4.69, 9.17) is 9.98 Å². The highest BCUT2D eigenvalue weighted by Crippen LogP contribution is 2.46. The molecule has 6 nitrogen and oxygen atoms in total. The van der Waals surface area contributed by atoms with Crippen molar-refractivity contribution >= 4 is 22.9 Å². The van der Waals surface area contributed by atoms with E-state index in [2.05, 4.69) is 183 Å². The van der Waals surface area contributed by atoms with Crippen LogP contribution in [0, 0.1) is 5.41 Å². The maximum Gasteiger partial charge on any atom is 0.327 e. The van der Waals surface area contributed by atoms with Crippen molar-refractivity contribution in [2.75, 3.05) is 61.9 Å². The summed E-state index contributed by atoms with van der Waals surface area (Å²) in [5.41, 5.74) is 9.20. The lowest BCUT2D eigenvalue weighted by molar-refractivity contribution is -0.873. The van der Waals surface area contributed by atoms with Crippen molar-refractivity contribution < 1.29 is 61.5 Å². The van der Waals surface area contributed by atoms with E-state index < -0.39 is 0 Å². The van der Waals surface area contributed by atoms with Crippen LogP contribution in [0.3, 0.4) is 0 Å². The molecule has 0 atom stereocenters. The Kier molecular flexibility index (Phi) is 13.6. The number of pyridine rings is 1. The highest BCUT2D eigenvalue weighted by Gasteiger charge is 2.43. The van der Waals surface area contributed by atoms with Gasteiger partial charge in [0.05, 0.1) is 84.8 Å². The lowest BCUT2D eigenvalue weighted by atomic mass is 9.79. The number of fused-ring (bicyclic) bond motifs is 2. The summed E-state index contributed by atoms with van der Waals surface area (Å²) in [5, 5.41) is 0. The Morgan fingerprint density at radius 3 is 1.96 bits per heavy atom. The number of halogens is 2. The second kappa shape index (κ2) is 16.8. The molecule has 3 aliphatic heterocycles. The number of allylic oxidation sites excluding steroid dienone is 6. The molecule has 3 aromatic rings. The molecule has 0 saturated heterocycles. The topological polar surface area (TPSA) is 31.8 Å². The van der Waals surface area contributed by atoms with E-state index >= 15 is 0 Å². The molecule has 4 heterocycles. The quantitative estimate of drug-likeness (QED) is 0.156. The molecule has 0 unspecified atom stereocenters. The van der Waals surface area contributed by atoms with Crippen LogP contribution in [-0.2, 0) is 12.0 Å². The molecule has 0 radical (unpaired) electrons. The summed E-state index contributed by atoms with van der Waals surface area (Å²) in [5.74, 6) is 2.16. The maximum atomic E-state index is 5.33. The first-order chi connectivity index (χ1) is 24.0. The van der Waals surface area contributed by atoms with Crippen LogP contribution < -0.4 is 52.5 Å². The van der Waals surface area contributed by atoms with E-state index in [1.807, 2.05) is 0 Å². The fourth-order valence-corrected chi connectivity index (χ4v) is 7.30. The zero-order chi connectivity index (χ0) is 36.6. The first kappa shape index (κ1) is 42.8. The number of aryl methyl sites for hydroxylation is 1. The van der Waals surface area contributed by atoms with E-state index in [-0.39, 0.29) is 58.8 Å². The molecule has 0 aliphatic carbocycles. The molecule has 6 rings (SSSR count). The molecule has 1 aromatic heterocycles. The summed E-state index contributed by atoms with van der Waals surface area (Å²) in [6.07, 6.45) is 15.7. The van der Waals surface area contributed by atoms with Crippen molar-refractivity contribution in [2.45, 2.75) is 52.5 Å². The Balaban J connectivity index is 0.00000314. The molecule has 2 aromatic carbocycles. The van der Waals surface area contributed by atoms with Gasteiger partial charge >= 0.3 is 5.82 Å². The van der Waals surface area contributed by atoms with Crippen LogP contribution in [0.5, 0.6) is 0 Å². The van der Waals surface area contributed by atoms with Gasteiger partial charge in [-0.1, -0.05) is 80.6 Å². The lowest BCUT2D eigenvalue weighted by Gasteiger charge is -2.32. The third kappa shape index (κ3) is 9.85. The number of nitrogens with zero attached hydrogens (tertiary/aromatic N) is 6. The van der Waals surface area contributed by atoms with Gasteiger partial charge in [-0.05, 0) is 59.8 Å². The normalized spacial score (nSPS) is 18.1. The van der Waals surface area contributed by atoms with Gasteiger partial charge in [0.2, 0.25) is 0 Å². The molecule has 53 heavy (non-hydrogen) atoms. The van der Waals surface area contributed by atoms with Gasteiger partial charge in [-0.25, -0.2) is 9.56 Å². The number of benzene rings is 2. The Hall–Kier alpha value is -2.93. The number of amidine groups is 1. The number of quaternary nitrogens is 2.